The van der Waals surface area contributed by atoms with Crippen LogP contribution in [-0.4, -0.2) is 13.5 Å². The number of benzene rings is 2. The Morgan fingerprint density at radius 1 is 1.20 bits per heavy atom. The number of nitrogens with zero attached hydrogens (tertiary/aromatic N) is 1. The molecule has 0 unspecified atom stereocenters. The summed E-state index contributed by atoms with van der Waals surface area (Å²) >= 11 is 5.75. The summed E-state index contributed by atoms with van der Waals surface area (Å²) in [6.45, 7) is 0. The van der Waals surface area contributed by atoms with Gasteiger partial charge in [0.1, 0.15) is 5.75 Å². The van der Waals surface area contributed by atoms with Gasteiger partial charge in [-0.25, -0.2) is 8.42 Å². The standard InChI is InChI=1S/C13H9ClN2O3S/c14-10-4-5-13(17)12(7-10)16-20(18,19)11-3-1-2-9(6-11)8-15/h1-7,16-17H. The van der Waals surface area contributed by atoms with E-state index in [2.05, 4.69) is 4.72 Å². The van der Waals surface area contributed by atoms with E-state index in [1.54, 1.807) is 0 Å². The lowest BCUT2D eigenvalue weighted by molar-refractivity contribution is 0.477. The maximum absolute atomic E-state index is 12.2. The Morgan fingerprint density at radius 2 is 1.95 bits per heavy atom. The van der Waals surface area contributed by atoms with E-state index in [1.807, 2.05) is 6.07 Å². The van der Waals surface area contributed by atoms with E-state index < -0.39 is 10.0 Å². The predicted octanol–water partition coefficient (Wildman–Crippen LogP) is 2.72. The zero-order valence-corrected chi connectivity index (χ0v) is 11.6. The maximum atomic E-state index is 12.2. The summed E-state index contributed by atoms with van der Waals surface area (Å²) in [5.74, 6) is -0.241. The third-order valence-electron chi connectivity index (χ3n) is 2.48. The van der Waals surface area contributed by atoms with Crippen LogP contribution in [0.1, 0.15) is 5.56 Å². The second-order valence-electron chi connectivity index (χ2n) is 3.91. The van der Waals surface area contributed by atoms with Crippen molar-refractivity contribution in [2.45, 2.75) is 4.90 Å². The maximum Gasteiger partial charge on any atom is 0.262 e. The molecule has 0 aliphatic heterocycles. The SMILES string of the molecule is N#Cc1cccc(S(=O)(=O)Nc2cc(Cl)ccc2O)c1. The van der Waals surface area contributed by atoms with E-state index in [-0.39, 0.29) is 26.9 Å². The highest BCUT2D eigenvalue weighted by Crippen LogP contribution is 2.28. The number of phenolic OH excluding ortho intramolecular Hbond substituents is 1. The molecule has 2 aromatic carbocycles. The van der Waals surface area contributed by atoms with Gasteiger partial charge in [0.2, 0.25) is 0 Å². The Balaban J connectivity index is 2.41. The molecule has 0 bridgehead atoms. The van der Waals surface area contributed by atoms with Gasteiger partial charge in [-0.15, -0.1) is 0 Å². The predicted molar refractivity (Wildman–Crippen MR) is 75.1 cm³/mol. The zero-order valence-electron chi connectivity index (χ0n) is 10.0. The van der Waals surface area contributed by atoms with Gasteiger partial charge in [-0.2, -0.15) is 5.26 Å². The normalized spacial score (nSPS) is 10.8. The summed E-state index contributed by atoms with van der Waals surface area (Å²) in [5, 5.41) is 18.7. The molecule has 0 aliphatic rings. The quantitative estimate of drug-likeness (QED) is 0.853. The summed E-state index contributed by atoms with van der Waals surface area (Å²) in [7, 11) is -3.90. The first-order chi connectivity index (χ1) is 9.42. The van der Waals surface area contributed by atoms with Crippen molar-refractivity contribution in [2.24, 2.45) is 0 Å². The summed E-state index contributed by atoms with van der Waals surface area (Å²) < 4.78 is 26.5. The molecule has 0 aliphatic carbocycles. The molecule has 0 heterocycles. The van der Waals surface area contributed by atoms with E-state index in [4.69, 9.17) is 16.9 Å². The number of aromatic hydroxyl groups is 1. The van der Waals surface area contributed by atoms with Crippen LogP contribution in [0.2, 0.25) is 5.02 Å². The molecule has 2 aromatic rings. The van der Waals surface area contributed by atoms with Crippen LogP contribution in [0, 0.1) is 11.3 Å². The topological polar surface area (TPSA) is 90.2 Å². The molecule has 5 nitrogen and oxygen atoms in total. The van der Waals surface area contributed by atoms with Crippen LogP contribution in [0.4, 0.5) is 5.69 Å². The largest absolute Gasteiger partial charge is 0.506 e. The molecule has 0 atom stereocenters. The van der Waals surface area contributed by atoms with Crippen LogP contribution < -0.4 is 4.72 Å². The third kappa shape index (κ3) is 3.02. The van der Waals surface area contributed by atoms with E-state index >= 15 is 0 Å². The van der Waals surface area contributed by atoms with Crippen molar-refractivity contribution in [1.82, 2.24) is 0 Å². The molecule has 2 N–H and O–H groups in total. The number of nitriles is 1. The van der Waals surface area contributed by atoms with Gasteiger partial charge in [0.15, 0.2) is 0 Å². The molecule has 7 heteroatoms. The summed E-state index contributed by atoms with van der Waals surface area (Å²) in [6, 6.07) is 11.4. The van der Waals surface area contributed by atoms with E-state index in [0.717, 1.165) is 0 Å². The lowest BCUT2D eigenvalue weighted by Gasteiger charge is -2.10. The number of phenols is 1. The van der Waals surface area contributed by atoms with Gasteiger partial charge >= 0.3 is 0 Å². The fraction of sp³-hybridized carbons (Fsp3) is 0. The molecule has 0 saturated carbocycles. The minimum Gasteiger partial charge on any atom is -0.506 e. The second-order valence-corrected chi connectivity index (χ2v) is 6.03. The molecule has 0 spiro atoms. The molecule has 0 amide bonds. The van der Waals surface area contributed by atoms with Crippen LogP contribution in [0.5, 0.6) is 5.75 Å². The molecule has 0 aromatic heterocycles. The van der Waals surface area contributed by atoms with Crippen LogP contribution >= 0.6 is 11.6 Å². The van der Waals surface area contributed by atoms with Crippen LogP contribution in [0.3, 0.4) is 0 Å². The van der Waals surface area contributed by atoms with Crippen molar-refractivity contribution < 1.29 is 13.5 Å². The second kappa shape index (κ2) is 5.41. The molecule has 0 saturated heterocycles. The number of anilines is 1. The van der Waals surface area contributed by atoms with Gasteiger partial charge < -0.3 is 5.11 Å². The molecule has 0 radical (unpaired) electrons. The first-order valence-corrected chi connectivity index (χ1v) is 7.30. The summed E-state index contributed by atoms with van der Waals surface area (Å²) in [6.07, 6.45) is 0. The van der Waals surface area contributed by atoms with Gasteiger partial charge in [-0.1, -0.05) is 17.7 Å². The average Bonchev–Trinajstić information content (AvgIpc) is 2.43. The van der Waals surface area contributed by atoms with Gasteiger partial charge in [-0.3, -0.25) is 4.72 Å². The lowest BCUT2D eigenvalue weighted by Crippen LogP contribution is -2.13. The first-order valence-electron chi connectivity index (χ1n) is 5.44. The summed E-state index contributed by atoms with van der Waals surface area (Å²) in [5.41, 5.74) is 0.197. The molecular formula is C13H9ClN2O3S. The van der Waals surface area contributed by atoms with Gasteiger partial charge in [0.05, 0.1) is 22.2 Å². The zero-order chi connectivity index (χ0) is 14.8. The average molecular weight is 309 g/mol. The highest BCUT2D eigenvalue weighted by atomic mass is 35.5. The van der Waals surface area contributed by atoms with Crippen LogP contribution in [0.25, 0.3) is 0 Å². The number of halogens is 1. The highest BCUT2D eigenvalue weighted by Gasteiger charge is 2.16. The van der Waals surface area contributed by atoms with Crippen molar-refractivity contribution in [3.63, 3.8) is 0 Å². The number of hydrogen-bond donors (Lipinski definition) is 2. The van der Waals surface area contributed by atoms with Crippen LogP contribution in [-0.2, 0) is 10.0 Å². The Hall–Kier alpha value is -2.23. The van der Waals surface area contributed by atoms with Crippen molar-refractivity contribution >= 4 is 27.3 Å². The van der Waals surface area contributed by atoms with Gasteiger partial charge in [-0.05, 0) is 36.4 Å². The Morgan fingerprint density at radius 3 is 2.65 bits per heavy atom. The fourth-order valence-corrected chi connectivity index (χ4v) is 2.81. The number of hydrogen-bond acceptors (Lipinski definition) is 4. The first kappa shape index (κ1) is 14.2. The van der Waals surface area contributed by atoms with Gasteiger partial charge in [0, 0.05) is 5.02 Å². The van der Waals surface area contributed by atoms with Crippen molar-refractivity contribution in [3.8, 4) is 11.8 Å². The van der Waals surface area contributed by atoms with E-state index in [9.17, 15) is 13.5 Å². The Kier molecular flexibility index (Phi) is 3.84. The number of rotatable bonds is 3. The molecule has 2 rings (SSSR count). The monoisotopic (exact) mass is 308 g/mol. The van der Waals surface area contributed by atoms with E-state index in [0.29, 0.717) is 0 Å². The Bertz CT molecular complexity index is 798. The van der Waals surface area contributed by atoms with E-state index in [1.165, 1.54) is 42.5 Å². The smallest absolute Gasteiger partial charge is 0.262 e. The fourth-order valence-electron chi connectivity index (χ4n) is 1.53. The number of nitrogens with one attached hydrogen (secondary N) is 1. The number of sulfonamides is 1. The molecule has 0 fully saturated rings. The van der Waals surface area contributed by atoms with Crippen molar-refractivity contribution in [2.75, 3.05) is 4.72 Å². The minimum atomic E-state index is -3.90. The molecule has 102 valence electrons. The van der Waals surface area contributed by atoms with Crippen molar-refractivity contribution in [3.05, 3.63) is 53.1 Å². The molecule has 20 heavy (non-hydrogen) atoms. The summed E-state index contributed by atoms with van der Waals surface area (Å²) in [4.78, 5) is -0.0732. The third-order valence-corrected chi connectivity index (χ3v) is 4.07. The minimum absolute atomic E-state index is 0.0279. The van der Waals surface area contributed by atoms with Crippen LogP contribution in [0.15, 0.2) is 47.4 Å². The molecular weight excluding hydrogens is 300 g/mol. The highest BCUT2D eigenvalue weighted by molar-refractivity contribution is 7.92. The van der Waals surface area contributed by atoms with Gasteiger partial charge in [0.25, 0.3) is 10.0 Å². The lowest BCUT2D eigenvalue weighted by atomic mass is 10.2. The Labute approximate surface area is 121 Å². The van der Waals surface area contributed by atoms with Crippen molar-refractivity contribution in [1.29, 1.82) is 5.26 Å².